The van der Waals surface area contributed by atoms with E-state index in [-0.39, 0.29) is 11.6 Å². The predicted molar refractivity (Wildman–Crippen MR) is 60.3 cm³/mol. The molecule has 0 aliphatic carbocycles. The Bertz CT molecular complexity index is 410. The number of esters is 1. The minimum Gasteiger partial charge on any atom is -0.464 e. The SMILES string of the molecule is COC(=O)/C(=[13CH]\c1ccccc1)NC(C)=O. The Balaban J connectivity index is 2.96. The highest BCUT2D eigenvalue weighted by Gasteiger charge is 2.10. The molecule has 1 aromatic rings. The molecule has 0 spiro atoms. The Hall–Kier alpha value is -2.10. The molecule has 0 radical (unpaired) electrons. The highest BCUT2D eigenvalue weighted by molar-refractivity contribution is 5.97. The highest BCUT2D eigenvalue weighted by Crippen LogP contribution is 2.05. The van der Waals surface area contributed by atoms with Crippen LogP contribution in [0, 0.1) is 0 Å². The van der Waals surface area contributed by atoms with Crippen molar-refractivity contribution >= 4 is 18.0 Å². The van der Waals surface area contributed by atoms with Crippen molar-refractivity contribution in [2.24, 2.45) is 0 Å². The summed E-state index contributed by atoms with van der Waals surface area (Å²) in [5.74, 6) is -0.883. The summed E-state index contributed by atoms with van der Waals surface area (Å²) in [5.41, 5.74) is 0.942. The van der Waals surface area contributed by atoms with Gasteiger partial charge in [-0.3, -0.25) is 4.79 Å². The molecule has 4 heteroatoms. The summed E-state index contributed by atoms with van der Waals surface area (Å²) in [6.45, 7) is 1.34. The third kappa shape index (κ3) is 3.57. The lowest BCUT2D eigenvalue weighted by Crippen LogP contribution is -2.25. The Kier molecular flexibility index (Phi) is 4.27. The van der Waals surface area contributed by atoms with Crippen molar-refractivity contribution in [3.8, 4) is 0 Å². The number of methoxy groups -OCH3 is 1. The van der Waals surface area contributed by atoms with Gasteiger partial charge in [-0.15, -0.1) is 0 Å². The quantitative estimate of drug-likeness (QED) is 0.475. The zero-order valence-corrected chi connectivity index (χ0v) is 9.19. The van der Waals surface area contributed by atoms with Gasteiger partial charge in [-0.1, -0.05) is 30.3 Å². The van der Waals surface area contributed by atoms with E-state index in [2.05, 4.69) is 10.1 Å². The van der Waals surface area contributed by atoms with Gasteiger partial charge in [0.05, 0.1) is 7.11 Å². The maximum Gasteiger partial charge on any atom is 0.354 e. The number of carbonyl (C=O) groups excluding carboxylic acids is 2. The average molecular weight is 220 g/mol. The first-order valence-corrected chi connectivity index (χ1v) is 4.76. The lowest BCUT2D eigenvalue weighted by Gasteiger charge is -2.05. The van der Waals surface area contributed by atoms with Crippen molar-refractivity contribution in [1.82, 2.24) is 5.32 Å². The van der Waals surface area contributed by atoms with E-state index in [9.17, 15) is 9.59 Å². The molecular formula is C12H13NO3. The maximum atomic E-state index is 11.3. The summed E-state index contributed by atoms with van der Waals surface area (Å²) in [7, 11) is 1.27. The van der Waals surface area contributed by atoms with Crippen LogP contribution in [-0.4, -0.2) is 19.0 Å². The predicted octanol–water partition coefficient (Wildman–Crippen LogP) is 1.34. The summed E-state index contributed by atoms with van der Waals surface area (Å²) in [4.78, 5) is 22.3. The van der Waals surface area contributed by atoms with Crippen molar-refractivity contribution in [3.05, 3.63) is 41.6 Å². The van der Waals surface area contributed by atoms with Crippen molar-refractivity contribution in [3.63, 3.8) is 0 Å². The molecule has 1 amide bonds. The fraction of sp³-hybridized carbons (Fsp3) is 0.167. The minimum absolute atomic E-state index is 0.126. The van der Waals surface area contributed by atoms with Gasteiger partial charge >= 0.3 is 5.97 Å². The van der Waals surface area contributed by atoms with Gasteiger partial charge < -0.3 is 10.1 Å². The summed E-state index contributed by atoms with van der Waals surface area (Å²) in [5, 5.41) is 2.43. The first kappa shape index (κ1) is 12.0. The minimum atomic E-state index is -0.570. The van der Waals surface area contributed by atoms with Crippen LogP contribution in [-0.2, 0) is 14.3 Å². The van der Waals surface area contributed by atoms with Crippen LogP contribution in [0.2, 0.25) is 0 Å². The standard InChI is InChI=1S/C12H13NO3/c1-9(14)13-11(12(15)16-2)8-10-6-4-3-5-7-10/h3-8H,1-2H3,(H,13,14)/b11-8+/i8+1. The van der Waals surface area contributed by atoms with Crippen LogP contribution in [0.15, 0.2) is 36.0 Å². The Morgan fingerprint density at radius 1 is 1.25 bits per heavy atom. The van der Waals surface area contributed by atoms with Gasteiger partial charge in [0.15, 0.2) is 0 Å². The Morgan fingerprint density at radius 3 is 2.38 bits per heavy atom. The summed E-state index contributed by atoms with van der Waals surface area (Å²) >= 11 is 0. The summed E-state index contributed by atoms with van der Waals surface area (Å²) < 4.78 is 4.56. The van der Waals surface area contributed by atoms with Crippen LogP contribution < -0.4 is 5.32 Å². The van der Waals surface area contributed by atoms with Crippen molar-refractivity contribution in [1.29, 1.82) is 0 Å². The largest absolute Gasteiger partial charge is 0.464 e. The molecule has 0 bridgehead atoms. The zero-order valence-electron chi connectivity index (χ0n) is 9.19. The molecule has 0 aliphatic heterocycles. The molecule has 0 aliphatic rings. The van der Waals surface area contributed by atoms with Crippen LogP contribution in [0.1, 0.15) is 12.5 Å². The van der Waals surface area contributed by atoms with Gasteiger partial charge in [0.25, 0.3) is 0 Å². The first-order chi connectivity index (χ1) is 7.63. The molecule has 1 N–H and O–H groups in total. The smallest absolute Gasteiger partial charge is 0.354 e. The number of hydrogen-bond acceptors (Lipinski definition) is 3. The van der Waals surface area contributed by atoms with E-state index in [4.69, 9.17) is 0 Å². The van der Waals surface area contributed by atoms with Crippen LogP contribution in [0.25, 0.3) is 6.08 Å². The molecule has 0 unspecified atom stereocenters. The number of hydrogen-bond donors (Lipinski definition) is 1. The fourth-order valence-corrected chi connectivity index (χ4v) is 1.16. The lowest BCUT2D eigenvalue weighted by molar-refractivity contribution is -0.137. The highest BCUT2D eigenvalue weighted by atomic mass is 16.5. The van der Waals surface area contributed by atoms with E-state index in [0.29, 0.717) is 0 Å². The van der Waals surface area contributed by atoms with E-state index >= 15 is 0 Å². The second-order valence-electron chi connectivity index (χ2n) is 3.14. The van der Waals surface area contributed by atoms with Crippen molar-refractivity contribution in [2.45, 2.75) is 6.92 Å². The van der Waals surface area contributed by atoms with Gasteiger partial charge in [-0.05, 0) is 11.6 Å². The molecule has 0 fully saturated rings. The first-order valence-electron chi connectivity index (χ1n) is 4.76. The molecule has 0 saturated carbocycles. The molecule has 1 aromatic carbocycles. The fourth-order valence-electron chi connectivity index (χ4n) is 1.16. The molecule has 0 atom stereocenters. The van der Waals surface area contributed by atoms with Gasteiger partial charge in [0.1, 0.15) is 5.70 Å². The van der Waals surface area contributed by atoms with E-state index in [1.54, 1.807) is 6.08 Å². The molecule has 16 heavy (non-hydrogen) atoms. The van der Waals surface area contributed by atoms with Crippen molar-refractivity contribution < 1.29 is 14.3 Å². The third-order valence-corrected chi connectivity index (χ3v) is 1.83. The van der Waals surface area contributed by atoms with Crippen molar-refractivity contribution in [2.75, 3.05) is 7.11 Å². The topological polar surface area (TPSA) is 55.4 Å². The molecule has 0 saturated heterocycles. The second-order valence-corrected chi connectivity index (χ2v) is 3.14. The Labute approximate surface area is 93.9 Å². The van der Waals surface area contributed by atoms with Gasteiger partial charge in [0, 0.05) is 6.92 Å². The number of rotatable bonds is 3. The molecule has 4 nitrogen and oxygen atoms in total. The normalized spacial score (nSPS) is 10.8. The number of carbonyl (C=O) groups is 2. The molecule has 0 heterocycles. The molecule has 0 aromatic heterocycles. The third-order valence-electron chi connectivity index (χ3n) is 1.83. The van der Waals surface area contributed by atoms with Crippen LogP contribution >= 0.6 is 0 Å². The molecule has 1 rings (SSSR count). The maximum absolute atomic E-state index is 11.3. The van der Waals surface area contributed by atoms with Crippen LogP contribution in [0.3, 0.4) is 0 Å². The number of ether oxygens (including phenoxy) is 1. The van der Waals surface area contributed by atoms with E-state index in [1.165, 1.54) is 14.0 Å². The summed E-state index contributed by atoms with van der Waals surface area (Å²) in [6.07, 6.45) is 1.56. The number of nitrogens with one attached hydrogen (secondary N) is 1. The van der Waals surface area contributed by atoms with E-state index < -0.39 is 5.97 Å². The van der Waals surface area contributed by atoms with E-state index in [0.717, 1.165) is 5.56 Å². The van der Waals surface area contributed by atoms with E-state index in [1.807, 2.05) is 30.3 Å². The lowest BCUT2D eigenvalue weighted by atomic mass is 10.3. The second kappa shape index (κ2) is 5.70. The molecular weight excluding hydrogens is 207 g/mol. The van der Waals surface area contributed by atoms with Gasteiger partial charge in [-0.25, -0.2) is 4.79 Å². The van der Waals surface area contributed by atoms with Gasteiger partial charge in [0.2, 0.25) is 5.91 Å². The monoisotopic (exact) mass is 220 g/mol. The number of amides is 1. The Morgan fingerprint density at radius 2 is 1.88 bits per heavy atom. The number of benzene rings is 1. The molecule has 84 valence electrons. The van der Waals surface area contributed by atoms with Gasteiger partial charge in [-0.2, -0.15) is 0 Å². The average Bonchev–Trinajstić information content (AvgIpc) is 2.28. The summed E-state index contributed by atoms with van der Waals surface area (Å²) in [6, 6.07) is 9.20. The zero-order chi connectivity index (χ0) is 12.0. The van der Waals surface area contributed by atoms with Crippen LogP contribution in [0.4, 0.5) is 0 Å². The van der Waals surface area contributed by atoms with Crippen LogP contribution in [0.5, 0.6) is 0 Å².